The van der Waals surface area contributed by atoms with E-state index in [-0.39, 0.29) is 18.4 Å². The Balaban J connectivity index is 1.90. The summed E-state index contributed by atoms with van der Waals surface area (Å²) >= 11 is 3.47. The van der Waals surface area contributed by atoms with Gasteiger partial charge in [0.25, 0.3) is 5.91 Å². The smallest absolute Gasteiger partial charge is 0.261 e. The molecule has 1 N–H and O–H groups in total. The highest BCUT2D eigenvalue weighted by atomic mass is 79.9. The number of nitrogens with one attached hydrogen (secondary N) is 1. The minimum absolute atomic E-state index is 0.150. The molecule has 190 valence electrons. The summed E-state index contributed by atoms with van der Waals surface area (Å²) in [6.07, 6.45) is 0.413. The predicted molar refractivity (Wildman–Crippen MR) is 148 cm³/mol. The fourth-order valence-electron chi connectivity index (χ4n) is 3.95. The maximum absolute atomic E-state index is 13.7. The van der Waals surface area contributed by atoms with Gasteiger partial charge in [0.2, 0.25) is 5.91 Å². The summed E-state index contributed by atoms with van der Waals surface area (Å²) in [4.78, 5) is 28.8. The van der Waals surface area contributed by atoms with Crippen LogP contribution in [-0.2, 0) is 22.6 Å². The van der Waals surface area contributed by atoms with Gasteiger partial charge < -0.3 is 15.0 Å². The zero-order valence-corrected chi connectivity index (χ0v) is 23.0. The molecular formula is C30H35BrN2O3. The quantitative estimate of drug-likeness (QED) is 0.325. The Labute approximate surface area is 223 Å². The van der Waals surface area contributed by atoms with E-state index in [1.165, 1.54) is 0 Å². The Morgan fingerprint density at radius 3 is 2.28 bits per heavy atom. The Hall–Kier alpha value is -3.12. The van der Waals surface area contributed by atoms with Crippen molar-refractivity contribution in [2.24, 2.45) is 5.92 Å². The van der Waals surface area contributed by atoms with Gasteiger partial charge in [0.1, 0.15) is 11.8 Å². The maximum Gasteiger partial charge on any atom is 0.261 e. The van der Waals surface area contributed by atoms with Gasteiger partial charge in [0.15, 0.2) is 6.61 Å². The molecular weight excluding hydrogens is 516 g/mol. The van der Waals surface area contributed by atoms with Crippen molar-refractivity contribution >= 4 is 27.7 Å². The fraction of sp³-hybridized carbons (Fsp3) is 0.333. The standard InChI is InChI=1S/C30H35BrN2O3/c1-21(2)18-32-30(35)27(17-24-8-6-5-7-9-24)33(19-25-11-13-26(31)14-12-25)29(34)20-36-28-15-10-22(3)16-23(28)4/h5-16,21,27H,17-20H2,1-4H3,(H,32,35)/t27-/m0/s1. The number of hydrogen-bond acceptors (Lipinski definition) is 3. The normalized spacial score (nSPS) is 11.7. The lowest BCUT2D eigenvalue weighted by molar-refractivity contribution is -0.142. The van der Waals surface area contributed by atoms with Crippen LogP contribution in [0.25, 0.3) is 0 Å². The van der Waals surface area contributed by atoms with Gasteiger partial charge in [-0.05, 0) is 54.7 Å². The largest absolute Gasteiger partial charge is 0.483 e. The highest BCUT2D eigenvalue weighted by Crippen LogP contribution is 2.21. The Morgan fingerprint density at radius 1 is 0.944 bits per heavy atom. The number of hydrogen-bond donors (Lipinski definition) is 1. The SMILES string of the molecule is Cc1ccc(OCC(=O)N(Cc2ccc(Br)cc2)[C@@H](Cc2ccccc2)C(=O)NCC(C)C)c(C)c1. The predicted octanol–water partition coefficient (Wildman–Crippen LogP) is 5.86. The van der Waals surface area contributed by atoms with E-state index < -0.39 is 6.04 Å². The van der Waals surface area contributed by atoms with E-state index in [1.807, 2.05) is 86.6 Å². The van der Waals surface area contributed by atoms with Crippen LogP contribution in [0, 0.1) is 19.8 Å². The van der Waals surface area contributed by atoms with Crippen molar-refractivity contribution in [3.05, 3.63) is 99.5 Å². The van der Waals surface area contributed by atoms with Crippen LogP contribution in [0.1, 0.15) is 36.1 Å². The van der Waals surface area contributed by atoms with Crippen molar-refractivity contribution in [3.63, 3.8) is 0 Å². The van der Waals surface area contributed by atoms with Gasteiger partial charge in [-0.3, -0.25) is 9.59 Å². The van der Waals surface area contributed by atoms with Crippen LogP contribution in [-0.4, -0.2) is 35.9 Å². The molecule has 5 nitrogen and oxygen atoms in total. The van der Waals surface area contributed by atoms with Gasteiger partial charge in [-0.2, -0.15) is 0 Å². The summed E-state index contributed by atoms with van der Waals surface area (Å²) in [5, 5.41) is 3.04. The highest BCUT2D eigenvalue weighted by molar-refractivity contribution is 9.10. The molecule has 0 heterocycles. The number of ether oxygens (including phenoxy) is 1. The molecule has 0 bridgehead atoms. The number of rotatable bonds is 11. The number of halogens is 1. The minimum atomic E-state index is -0.676. The molecule has 0 aromatic heterocycles. The van der Waals surface area contributed by atoms with Gasteiger partial charge in [-0.1, -0.05) is 89.9 Å². The monoisotopic (exact) mass is 550 g/mol. The van der Waals surface area contributed by atoms with E-state index in [0.29, 0.717) is 31.2 Å². The number of aryl methyl sites for hydroxylation is 2. The van der Waals surface area contributed by atoms with Gasteiger partial charge >= 0.3 is 0 Å². The molecule has 1 atom stereocenters. The number of nitrogens with zero attached hydrogens (tertiary/aromatic N) is 1. The summed E-state index contributed by atoms with van der Waals surface area (Å²) in [6, 6.07) is 22.8. The average molecular weight is 552 g/mol. The molecule has 36 heavy (non-hydrogen) atoms. The molecule has 0 radical (unpaired) electrons. The topological polar surface area (TPSA) is 58.6 Å². The van der Waals surface area contributed by atoms with Crippen LogP contribution >= 0.6 is 15.9 Å². The van der Waals surface area contributed by atoms with Crippen LogP contribution in [0.4, 0.5) is 0 Å². The first-order chi connectivity index (χ1) is 17.2. The summed E-state index contributed by atoms with van der Waals surface area (Å²) in [7, 11) is 0. The van der Waals surface area contributed by atoms with Crippen LogP contribution < -0.4 is 10.1 Å². The molecule has 0 aliphatic carbocycles. The number of carbonyl (C=O) groups is 2. The second-order valence-corrected chi connectivity index (χ2v) is 10.5. The Kier molecular flexibility index (Phi) is 10.1. The first-order valence-electron chi connectivity index (χ1n) is 12.3. The van der Waals surface area contributed by atoms with E-state index in [0.717, 1.165) is 26.7 Å². The Bertz CT molecular complexity index is 1150. The maximum atomic E-state index is 13.7. The minimum Gasteiger partial charge on any atom is -0.483 e. The average Bonchev–Trinajstić information content (AvgIpc) is 2.85. The molecule has 0 saturated heterocycles. The van der Waals surface area contributed by atoms with Gasteiger partial charge in [-0.15, -0.1) is 0 Å². The number of benzene rings is 3. The molecule has 0 unspecified atom stereocenters. The third-order valence-electron chi connectivity index (χ3n) is 5.90. The molecule has 6 heteroatoms. The van der Waals surface area contributed by atoms with Crippen molar-refractivity contribution in [2.45, 2.75) is 46.7 Å². The Morgan fingerprint density at radius 2 is 1.64 bits per heavy atom. The third kappa shape index (κ3) is 8.23. The molecule has 3 rings (SSSR count). The second-order valence-electron chi connectivity index (χ2n) is 9.55. The van der Waals surface area contributed by atoms with Crippen molar-refractivity contribution in [3.8, 4) is 5.75 Å². The molecule has 3 aromatic rings. The molecule has 0 fully saturated rings. The third-order valence-corrected chi connectivity index (χ3v) is 6.43. The first-order valence-corrected chi connectivity index (χ1v) is 13.1. The van der Waals surface area contributed by atoms with Crippen LogP contribution in [0.2, 0.25) is 0 Å². The molecule has 0 spiro atoms. The fourth-order valence-corrected chi connectivity index (χ4v) is 4.21. The van der Waals surface area contributed by atoms with Crippen molar-refractivity contribution < 1.29 is 14.3 Å². The second kappa shape index (κ2) is 13.3. The van der Waals surface area contributed by atoms with Crippen LogP contribution in [0.3, 0.4) is 0 Å². The molecule has 0 aliphatic rings. The number of amides is 2. The van der Waals surface area contributed by atoms with E-state index in [2.05, 4.69) is 35.1 Å². The zero-order valence-electron chi connectivity index (χ0n) is 21.5. The lowest BCUT2D eigenvalue weighted by atomic mass is 10.0. The molecule has 0 saturated carbocycles. The summed E-state index contributed by atoms with van der Waals surface area (Å²) in [5.41, 5.74) is 4.03. The van der Waals surface area contributed by atoms with E-state index in [1.54, 1.807) is 4.90 Å². The first kappa shape index (κ1) is 27.5. The van der Waals surface area contributed by atoms with Crippen molar-refractivity contribution in [1.82, 2.24) is 10.2 Å². The van der Waals surface area contributed by atoms with Crippen molar-refractivity contribution in [1.29, 1.82) is 0 Å². The van der Waals surface area contributed by atoms with Gasteiger partial charge in [0.05, 0.1) is 0 Å². The molecule has 3 aromatic carbocycles. The molecule has 0 aliphatic heterocycles. The summed E-state index contributed by atoms with van der Waals surface area (Å²) in [5.74, 6) is 0.569. The van der Waals surface area contributed by atoms with Gasteiger partial charge in [0, 0.05) is 24.0 Å². The highest BCUT2D eigenvalue weighted by Gasteiger charge is 2.30. The van der Waals surface area contributed by atoms with E-state index in [4.69, 9.17) is 4.74 Å². The van der Waals surface area contributed by atoms with Crippen LogP contribution in [0.15, 0.2) is 77.3 Å². The zero-order chi connectivity index (χ0) is 26.1. The van der Waals surface area contributed by atoms with Crippen LogP contribution in [0.5, 0.6) is 5.75 Å². The van der Waals surface area contributed by atoms with Gasteiger partial charge in [-0.25, -0.2) is 0 Å². The number of carbonyl (C=O) groups excluding carboxylic acids is 2. The lowest BCUT2D eigenvalue weighted by Crippen LogP contribution is -2.52. The lowest BCUT2D eigenvalue weighted by Gasteiger charge is -2.32. The van der Waals surface area contributed by atoms with E-state index >= 15 is 0 Å². The summed E-state index contributed by atoms with van der Waals surface area (Å²) < 4.78 is 6.90. The molecule has 2 amide bonds. The summed E-state index contributed by atoms with van der Waals surface area (Å²) in [6.45, 7) is 8.78. The van der Waals surface area contributed by atoms with Crippen molar-refractivity contribution in [2.75, 3.05) is 13.2 Å². The van der Waals surface area contributed by atoms with E-state index in [9.17, 15) is 9.59 Å².